The zero-order valence-electron chi connectivity index (χ0n) is 9.08. The van der Waals surface area contributed by atoms with Gasteiger partial charge in [-0.2, -0.15) is 18.2 Å². The molecule has 0 aliphatic rings. The highest BCUT2D eigenvalue weighted by Crippen LogP contribution is 2.32. The molecule has 0 amide bonds. The van der Waals surface area contributed by atoms with Crippen LogP contribution in [-0.2, 0) is 6.18 Å². The van der Waals surface area contributed by atoms with Gasteiger partial charge in [-0.15, -0.1) is 0 Å². The molecule has 2 rings (SSSR count). The van der Waals surface area contributed by atoms with Crippen molar-refractivity contribution in [2.75, 3.05) is 0 Å². The van der Waals surface area contributed by atoms with E-state index in [0.29, 0.717) is 4.47 Å². The second kappa shape index (κ2) is 5.34. The van der Waals surface area contributed by atoms with Crippen molar-refractivity contribution < 1.29 is 17.9 Å². The molecule has 1 heterocycles. The average molecular weight is 354 g/mol. The summed E-state index contributed by atoms with van der Waals surface area (Å²) in [4.78, 5) is 7.51. The van der Waals surface area contributed by atoms with Crippen LogP contribution >= 0.6 is 27.5 Å². The summed E-state index contributed by atoms with van der Waals surface area (Å²) in [7, 11) is 0. The third-order valence-corrected chi connectivity index (χ3v) is 2.80. The minimum absolute atomic E-state index is 0.0230. The summed E-state index contributed by atoms with van der Waals surface area (Å²) in [5.41, 5.74) is -0.750. The van der Waals surface area contributed by atoms with Crippen molar-refractivity contribution in [3.63, 3.8) is 0 Å². The van der Waals surface area contributed by atoms with Gasteiger partial charge in [-0.3, -0.25) is 0 Å². The maximum absolute atomic E-state index is 12.4. The molecular weight excluding hydrogens is 348 g/mol. The van der Waals surface area contributed by atoms with Gasteiger partial charge in [0, 0.05) is 6.20 Å². The summed E-state index contributed by atoms with van der Waals surface area (Å²) in [5.74, 6) is 0.336. The minimum atomic E-state index is -4.38. The van der Waals surface area contributed by atoms with Gasteiger partial charge in [-0.1, -0.05) is 0 Å². The predicted molar refractivity (Wildman–Crippen MR) is 66.3 cm³/mol. The van der Waals surface area contributed by atoms with E-state index >= 15 is 0 Å². The fourth-order valence-electron chi connectivity index (χ4n) is 1.23. The summed E-state index contributed by atoms with van der Waals surface area (Å²) >= 11 is 8.74. The zero-order valence-corrected chi connectivity index (χ0v) is 11.4. The van der Waals surface area contributed by atoms with Crippen LogP contribution in [-0.4, -0.2) is 9.97 Å². The number of nitrogens with zero attached hydrogens (tertiary/aromatic N) is 2. The maximum atomic E-state index is 12.4. The Morgan fingerprint density at radius 3 is 2.37 bits per heavy atom. The quantitative estimate of drug-likeness (QED) is 0.734. The number of aromatic nitrogens is 2. The molecule has 0 N–H and O–H groups in total. The molecule has 100 valence electrons. The maximum Gasteiger partial charge on any atom is 0.416 e. The van der Waals surface area contributed by atoms with E-state index in [1.54, 1.807) is 0 Å². The molecule has 8 heteroatoms. The van der Waals surface area contributed by atoms with Gasteiger partial charge < -0.3 is 4.74 Å². The first-order chi connectivity index (χ1) is 8.86. The standard InChI is InChI=1S/C11H5BrClF3N2O/c12-8-5-17-10(13)18-9(8)19-7-3-1-6(2-4-7)11(14,15)16/h1-5H. The van der Waals surface area contributed by atoms with E-state index in [4.69, 9.17) is 16.3 Å². The summed E-state index contributed by atoms with van der Waals surface area (Å²) < 4.78 is 42.9. The topological polar surface area (TPSA) is 35.0 Å². The molecule has 0 fully saturated rings. The summed E-state index contributed by atoms with van der Waals surface area (Å²) in [6.07, 6.45) is -2.99. The molecular formula is C11H5BrClF3N2O. The third-order valence-electron chi connectivity index (χ3n) is 2.08. The van der Waals surface area contributed by atoms with Gasteiger partial charge >= 0.3 is 6.18 Å². The lowest BCUT2D eigenvalue weighted by molar-refractivity contribution is -0.137. The van der Waals surface area contributed by atoms with E-state index in [-0.39, 0.29) is 16.9 Å². The molecule has 0 bridgehead atoms. The van der Waals surface area contributed by atoms with E-state index in [0.717, 1.165) is 12.1 Å². The largest absolute Gasteiger partial charge is 0.438 e. The van der Waals surface area contributed by atoms with E-state index in [1.807, 2.05) is 0 Å². The summed E-state index contributed by atoms with van der Waals surface area (Å²) in [6.45, 7) is 0. The first kappa shape index (κ1) is 14.1. The first-order valence-corrected chi connectivity index (χ1v) is 6.06. The van der Waals surface area contributed by atoms with Crippen LogP contribution in [0.25, 0.3) is 0 Å². The van der Waals surface area contributed by atoms with E-state index in [2.05, 4.69) is 25.9 Å². The second-order valence-electron chi connectivity index (χ2n) is 3.42. The summed E-state index contributed by atoms with van der Waals surface area (Å²) in [5, 5.41) is -0.0230. The van der Waals surface area contributed by atoms with Crippen molar-refractivity contribution in [1.82, 2.24) is 9.97 Å². The highest BCUT2D eigenvalue weighted by molar-refractivity contribution is 9.10. The molecule has 0 saturated heterocycles. The molecule has 19 heavy (non-hydrogen) atoms. The van der Waals surface area contributed by atoms with Gasteiger partial charge in [0.05, 0.1) is 10.0 Å². The van der Waals surface area contributed by atoms with Crippen LogP contribution in [0, 0.1) is 0 Å². The van der Waals surface area contributed by atoms with Crippen LogP contribution in [0.4, 0.5) is 13.2 Å². The molecule has 0 aliphatic carbocycles. The normalized spacial score (nSPS) is 11.4. The SMILES string of the molecule is FC(F)(F)c1ccc(Oc2nc(Cl)ncc2Br)cc1. The molecule has 0 aliphatic heterocycles. The van der Waals surface area contributed by atoms with Crippen LogP contribution in [0.5, 0.6) is 11.6 Å². The van der Waals surface area contributed by atoms with Gasteiger partial charge in [-0.05, 0) is 51.8 Å². The highest BCUT2D eigenvalue weighted by Gasteiger charge is 2.30. The zero-order chi connectivity index (χ0) is 14.0. The average Bonchev–Trinajstić information content (AvgIpc) is 2.33. The van der Waals surface area contributed by atoms with E-state index in [9.17, 15) is 13.2 Å². The first-order valence-electron chi connectivity index (χ1n) is 4.89. The molecule has 3 nitrogen and oxygen atoms in total. The van der Waals surface area contributed by atoms with Crippen molar-refractivity contribution in [2.45, 2.75) is 6.18 Å². The third kappa shape index (κ3) is 3.57. The number of benzene rings is 1. The van der Waals surface area contributed by atoms with Crippen LogP contribution in [0.2, 0.25) is 5.28 Å². The fraction of sp³-hybridized carbons (Fsp3) is 0.0909. The Hall–Kier alpha value is -1.34. The van der Waals surface area contributed by atoms with Crippen molar-refractivity contribution in [3.8, 4) is 11.6 Å². The van der Waals surface area contributed by atoms with Gasteiger partial charge in [0.2, 0.25) is 11.2 Å². The monoisotopic (exact) mass is 352 g/mol. The lowest BCUT2D eigenvalue weighted by Crippen LogP contribution is -2.04. The van der Waals surface area contributed by atoms with Crippen LogP contribution in [0.1, 0.15) is 5.56 Å². The molecule has 1 aromatic carbocycles. The smallest absolute Gasteiger partial charge is 0.416 e. The number of hydrogen-bond acceptors (Lipinski definition) is 3. The molecule has 0 unspecified atom stereocenters. The van der Waals surface area contributed by atoms with Gasteiger partial charge in [-0.25, -0.2) is 4.98 Å². The number of ether oxygens (including phenoxy) is 1. The molecule has 0 saturated carbocycles. The van der Waals surface area contributed by atoms with Gasteiger partial charge in [0.15, 0.2) is 0 Å². The Morgan fingerprint density at radius 2 is 1.79 bits per heavy atom. The number of rotatable bonds is 2. The molecule has 0 spiro atoms. The van der Waals surface area contributed by atoms with Crippen LogP contribution in [0.3, 0.4) is 0 Å². The van der Waals surface area contributed by atoms with Gasteiger partial charge in [0.1, 0.15) is 5.75 Å². The second-order valence-corrected chi connectivity index (χ2v) is 4.61. The molecule has 1 aromatic heterocycles. The molecule has 2 aromatic rings. The Morgan fingerprint density at radius 1 is 1.16 bits per heavy atom. The fourth-order valence-corrected chi connectivity index (χ4v) is 1.62. The van der Waals surface area contributed by atoms with Crippen LogP contribution in [0.15, 0.2) is 34.9 Å². The van der Waals surface area contributed by atoms with Crippen molar-refractivity contribution in [2.24, 2.45) is 0 Å². The highest BCUT2D eigenvalue weighted by atomic mass is 79.9. The minimum Gasteiger partial charge on any atom is -0.438 e. The van der Waals surface area contributed by atoms with Gasteiger partial charge in [0.25, 0.3) is 0 Å². The van der Waals surface area contributed by atoms with Crippen molar-refractivity contribution in [1.29, 1.82) is 0 Å². The molecule has 0 atom stereocenters. The Kier molecular flexibility index (Phi) is 3.96. The number of hydrogen-bond donors (Lipinski definition) is 0. The predicted octanol–water partition coefficient (Wildman–Crippen LogP) is 4.70. The van der Waals surface area contributed by atoms with Crippen LogP contribution < -0.4 is 4.74 Å². The summed E-state index contributed by atoms with van der Waals surface area (Å²) in [6, 6.07) is 4.24. The Balaban J connectivity index is 2.22. The van der Waals surface area contributed by atoms with Crippen molar-refractivity contribution >= 4 is 27.5 Å². The lowest BCUT2D eigenvalue weighted by Gasteiger charge is -2.09. The Labute approximate surface area is 119 Å². The molecule has 0 radical (unpaired) electrons. The van der Waals surface area contributed by atoms with Crippen molar-refractivity contribution in [3.05, 3.63) is 45.8 Å². The van der Waals surface area contributed by atoms with E-state index < -0.39 is 11.7 Å². The number of halogens is 5. The Bertz CT molecular complexity index is 589. The van der Waals surface area contributed by atoms with E-state index in [1.165, 1.54) is 18.3 Å². The number of alkyl halides is 3. The lowest BCUT2D eigenvalue weighted by atomic mass is 10.2.